The Morgan fingerprint density at radius 2 is 1.97 bits per heavy atom. The summed E-state index contributed by atoms with van der Waals surface area (Å²) in [5.74, 6) is 1.96. The number of nitro groups is 1. The predicted octanol–water partition coefficient (Wildman–Crippen LogP) is 4.69. The van der Waals surface area contributed by atoms with Gasteiger partial charge in [-0.15, -0.1) is 5.10 Å². The summed E-state index contributed by atoms with van der Waals surface area (Å²) in [6, 6.07) is 16.0. The number of furan rings is 1. The molecular formula is C25H22N6O5. The van der Waals surface area contributed by atoms with Crippen molar-refractivity contribution in [3.8, 4) is 17.1 Å². The number of para-hydroxylation sites is 2. The summed E-state index contributed by atoms with van der Waals surface area (Å²) >= 11 is 0. The van der Waals surface area contributed by atoms with Crippen molar-refractivity contribution in [1.82, 2.24) is 14.8 Å². The van der Waals surface area contributed by atoms with Gasteiger partial charge in [-0.05, 0) is 38.1 Å². The van der Waals surface area contributed by atoms with Crippen molar-refractivity contribution >= 4 is 23.2 Å². The number of carbonyl (C=O) groups is 1. The average Bonchev–Trinajstić information content (AvgIpc) is 3.49. The zero-order chi connectivity index (χ0) is 25.4. The molecule has 5 rings (SSSR count). The van der Waals surface area contributed by atoms with Gasteiger partial charge < -0.3 is 19.8 Å². The molecule has 0 saturated heterocycles. The Labute approximate surface area is 205 Å². The van der Waals surface area contributed by atoms with E-state index in [9.17, 15) is 14.9 Å². The van der Waals surface area contributed by atoms with Crippen molar-refractivity contribution in [3.05, 3.63) is 93.6 Å². The third-order valence-electron chi connectivity index (χ3n) is 5.80. The number of fused-ring (bicyclic) bond motifs is 1. The topological polar surface area (TPSA) is 137 Å². The van der Waals surface area contributed by atoms with Crippen molar-refractivity contribution in [2.45, 2.75) is 19.9 Å². The first-order valence-corrected chi connectivity index (χ1v) is 11.1. The molecule has 1 aliphatic rings. The van der Waals surface area contributed by atoms with E-state index in [0.717, 1.165) is 0 Å². The van der Waals surface area contributed by atoms with E-state index in [-0.39, 0.29) is 17.4 Å². The van der Waals surface area contributed by atoms with Crippen LogP contribution in [0.3, 0.4) is 0 Å². The molecule has 11 heteroatoms. The molecule has 36 heavy (non-hydrogen) atoms. The number of nitrogens with one attached hydrogen (secondary N) is 2. The van der Waals surface area contributed by atoms with Crippen LogP contribution < -0.4 is 15.4 Å². The lowest BCUT2D eigenvalue weighted by Crippen LogP contribution is -2.31. The lowest BCUT2D eigenvalue weighted by atomic mass is 10.00. The zero-order valence-corrected chi connectivity index (χ0v) is 19.7. The molecule has 182 valence electrons. The molecule has 2 N–H and O–H groups in total. The highest BCUT2D eigenvalue weighted by atomic mass is 16.6. The predicted molar refractivity (Wildman–Crippen MR) is 132 cm³/mol. The van der Waals surface area contributed by atoms with Crippen LogP contribution in [0.5, 0.6) is 5.75 Å². The molecule has 1 atom stereocenters. The number of hydrogen-bond donors (Lipinski definition) is 2. The third kappa shape index (κ3) is 4.06. The van der Waals surface area contributed by atoms with Crippen LogP contribution in [0.1, 0.15) is 24.5 Å². The lowest BCUT2D eigenvalue weighted by molar-refractivity contribution is -0.384. The fraction of sp³-hybridized carbons (Fsp3) is 0.160. The number of hydrogen-bond acceptors (Lipinski definition) is 8. The van der Waals surface area contributed by atoms with E-state index < -0.39 is 11.0 Å². The molecule has 0 aliphatic carbocycles. The van der Waals surface area contributed by atoms with E-state index >= 15 is 0 Å². The Kier molecular flexibility index (Phi) is 5.72. The summed E-state index contributed by atoms with van der Waals surface area (Å²) in [4.78, 5) is 28.9. The molecule has 11 nitrogen and oxygen atoms in total. The number of rotatable bonds is 6. The third-order valence-corrected chi connectivity index (χ3v) is 5.80. The summed E-state index contributed by atoms with van der Waals surface area (Å²) in [7, 11) is 1.53. The maximum Gasteiger partial charge on any atom is 0.270 e. The van der Waals surface area contributed by atoms with E-state index in [1.54, 1.807) is 54.1 Å². The highest BCUT2D eigenvalue weighted by Gasteiger charge is 2.36. The molecule has 3 heterocycles. The molecule has 1 aliphatic heterocycles. The summed E-state index contributed by atoms with van der Waals surface area (Å²) < 4.78 is 12.8. The van der Waals surface area contributed by atoms with Crippen molar-refractivity contribution < 1.29 is 18.9 Å². The molecule has 4 aromatic rings. The van der Waals surface area contributed by atoms with Gasteiger partial charge in [-0.3, -0.25) is 14.9 Å². The van der Waals surface area contributed by atoms with Crippen LogP contribution in [0, 0.1) is 17.0 Å². The Morgan fingerprint density at radius 1 is 1.17 bits per heavy atom. The number of aromatic nitrogens is 3. The summed E-state index contributed by atoms with van der Waals surface area (Å²) in [6.07, 6.45) is 0. The molecule has 1 amide bonds. The molecule has 0 fully saturated rings. The Balaban J connectivity index is 1.58. The van der Waals surface area contributed by atoms with Gasteiger partial charge in [0, 0.05) is 23.4 Å². The SMILES string of the molecule is COc1ccccc1NC(=O)C1=C(C)Nc2nc(-c3cccc([N+](=O)[O-])c3)nn2C1c1ccc(C)o1. The van der Waals surface area contributed by atoms with Gasteiger partial charge in [0.25, 0.3) is 11.6 Å². The highest BCUT2D eigenvalue weighted by molar-refractivity contribution is 6.06. The largest absolute Gasteiger partial charge is 0.495 e. The molecule has 0 radical (unpaired) electrons. The van der Waals surface area contributed by atoms with Crippen LogP contribution in [0.15, 0.2) is 76.4 Å². The molecule has 1 unspecified atom stereocenters. The number of allylic oxidation sites excluding steroid dienone is 1. The van der Waals surface area contributed by atoms with Crippen molar-refractivity contribution in [2.75, 3.05) is 17.7 Å². The van der Waals surface area contributed by atoms with E-state index in [2.05, 4.69) is 20.7 Å². The van der Waals surface area contributed by atoms with Gasteiger partial charge in [-0.2, -0.15) is 4.98 Å². The first-order valence-electron chi connectivity index (χ1n) is 11.1. The van der Waals surface area contributed by atoms with Gasteiger partial charge >= 0.3 is 0 Å². The Bertz CT molecular complexity index is 1520. The minimum Gasteiger partial charge on any atom is -0.495 e. The van der Waals surface area contributed by atoms with Gasteiger partial charge in [-0.1, -0.05) is 24.3 Å². The monoisotopic (exact) mass is 486 g/mol. The summed E-state index contributed by atoms with van der Waals surface area (Å²) in [5.41, 5.74) is 1.85. The number of aryl methyl sites for hydroxylation is 1. The summed E-state index contributed by atoms with van der Waals surface area (Å²) in [5, 5.41) is 21.9. The van der Waals surface area contributed by atoms with Crippen LogP contribution in [0.2, 0.25) is 0 Å². The second-order valence-electron chi connectivity index (χ2n) is 8.18. The van der Waals surface area contributed by atoms with Crippen LogP contribution in [0.4, 0.5) is 17.3 Å². The smallest absolute Gasteiger partial charge is 0.270 e. The number of benzene rings is 2. The second-order valence-corrected chi connectivity index (χ2v) is 8.18. The second kappa shape index (κ2) is 9.02. The number of carbonyl (C=O) groups excluding carboxylic acids is 1. The maximum atomic E-state index is 13.6. The van der Waals surface area contributed by atoms with Crippen molar-refractivity contribution in [3.63, 3.8) is 0 Å². The first kappa shape index (κ1) is 22.8. The fourth-order valence-electron chi connectivity index (χ4n) is 4.13. The first-order chi connectivity index (χ1) is 17.4. The number of anilines is 2. The number of amides is 1. The normalized spacial score (nSPS) is 14.7. The number of ether oxygens (including phenoxy) is 1. The Morgan fingerprint density at radius 3 is 2.69 bits per heavy atom. The molecule has 0 bridgehead atoms. The van der Waals surface area contributed by atoms with Gasteiger partial charge in [0.05, 0.1) is 23.3 Å². The number of nitro benzene ring substituents is 1. The van der Waals surface area contributed by atoms with Crippen LogP contribution in [-0.2, 0) is 4.79 Å². The van der Waals surface area contributed by atoms with E-state index in [1.165, 1.54) is 19.2 Å². The molecular weight excluding hydrogens is 464 g/mol. The van der Waals surface area contributed by atoms with E-state index in [1.807, 2.05) is 13.0 Å². The molecule has 2 aromatic carbocycles. The molecule has 0 saturated carbocycles. The lowest BCUT2D eigenvalue weighted by Gasteiger charge is -2.27. The standard InChI is InChI=1S/C25H22N6O5/c1-14-11-12-20(36-14)22-21(24(32)27-18-9-4-5-10-19(18)35-3)15(2)26-25-28-23(29-30(22)25)16-7-6-8-17(13-16)31(33)34/h4-13,22H,1-3H3,(H,27,32)(H,26,28,29). The maximum absolute atomic E-state index is 13.6. The Hall–Kier alpha value is -4.93. The van der Waals surface area contributed by atoms with Crippen LogP contribution in [0.25, 0.3) is 11.4 Å². The van der Waals surface area contributed by atoms with Crippen molar-refractivity contribution in [2.24, 2.45) is 0 Å². The van der Waals surface area contributed by atoms with E-state index in [0.29, 0.717) is 45.7 Å². The van der Waals surface area contributed by atoms with Crippen LogP contribution in [-0.4, -0.2) is 32.7 Å². The molecule has 2 aromatic heterocycles. The number of methoxy groups -OCH3 is 1. The van der Waals surface area contributed by atoms with Gasteiger partial charge in [0.1, 0.15) is 23.3 Å². The van der Waals surface area contributed by atoms with Gasteiger partial charge in [0.15, 0.2) is 5.82 Å². The molecule has 0 spiro atoms. The minimum atomic E-state index is -0.732. The minimum absolute atomic E-state index is 0.0716. The van der Waals surface area contributed by atoms with Gasteiger partial charge in [0.2, 0.25) is 5.95 Å². The highest BCUT2D eigenvalue weighted by Crippen LogP contribution is 2.38. The quantitative estimate of drug-likeness (QED) is 0.296. The number of nitrogens with zero attached hydrogens (tertiary/aromatic N) is 4. The average molecular weight is 486 g/mol. The van der Waals surface area contributed by atoms with E-state index in [4.69, 9.17) is 9.15 Å². The van der Waals surface area contributed by atoms with Crippen molar-refractivity contribution in [1.29, 1.82) is 0 Å². The fourth-order valence-corrected chi connectivity index (χ4v) is 4.13. The number of non-ortho nitro benzene ring substituents is 1. The van der Waals surface area contributed by atoms with Gasteiger partial charge in [-0.25, -0.2) is 4.68 Å². The summed E-state index contributed by atoms with van der Waals surface area (Å²) in [6.45, 7) is 3.58. The zero-order valence-electron chi connectivity index (χ0n) is 19.7. The van der Waals surface area contributed by atoms with Crippen LogP contribution >= 0.6 is 0 Å².